The summed E-state index contributed by atoms with van der Waals surface area (Å²) in [5.74, 6) is 0.965. The van der Waals surface area contributed by atoms with Gasteiger partial charge in [0.2, 0.25) is 0 Å². The molecule has 0 amide bonds. The van der Waals surface area contributed by atoms with Crippen LogP contribution in [0.4, 0.5) is 0 Å². The first-order chi connectivity index (χ1) is 13.8. The lowest BCUT2D eigenvalue weighted by molar-refractivity contribution is 0.222. The maximum Gasteiger partial charge on any atom is 0.157 e. The Morgan fingerprint density at radius 3 is 2.39 bits per heavy atom. The Labute approximate surface area is 169 Å². The lowest BCUT2D eigenvalue weighted by atomic mass is 10.1. The Morgan fingerprint density at radius 2 is 1.57 bits per heavy atom. The van der Waals surface area contributed by atoms with Gasteiger partial charge in [-0.3, -0.25) is 0 Å². The van der Waals surface area contributed by atoms with E-state index in [1.165, 1.54) is 32.4 Å². The summed E-state index contributed by atoms with van der Waals surface area (Å²) in [6, 6.07) is 18.6. The second-order valence-electron chi connectivity index (χ2n) is 7.47. The number of rotatable bonds is 4. The van der Waals surface area contributed by atoms with Crippen LogP contribution in [0.5, 0.6) is 0 Å². The quantitative estimate of drug-likeness (QED) is 0.438. The minimum Gasteiger partial charge on any atom is -0.322 e. The van der Waals surface area contributed by atoms with E-state index in [0.717, 1.165) is 46.4 Å². The lowest BCUT2D eigenvalue weighted by Crippen LogP contribution is -2.32. The molecule has 2 aromatic carbocycles. The summed E-state index contributed by atoms with van der Waals surface area (Å²) in [6.07, 6.45) is 3.95. The minimum absolute atomic E-state index is 0.475. The number of halogens is 1. The van der Waals surface area contributed by atoms with Gasteiger partial charge in [0.05, 0.1) is 11.0 Å². The SMILES string of the molecule is Clc1nc2ccccc2c2c1nc(-c1ccccc1)n2CCN1CCCCC1. The summed E-state index contributed by atoms with van der Waals surface area (Å²) < 4.78 is 2.34. The Hall–Kier alpha value is -2.43. The van der Waals surface area contributed by atoms with Crippen LogP contribution in [0.2, 0.25) is 5.15 Å². The van der Waals surface area contributed by atoms with Gasteiger partial charge >= 0.3 is 0 Å². The third-order valence-corrected chi connectivity index (χ3v) is 5.92. The molecule has 2 aromatic heterocycles. The van der Waals surface area contributed by atoms with E-state index in [0.29, 0.717) is 5.15 Å². The number of aromatic nitrogens is 3. The van der Waals surface area contributed by atoms with E-state index < -0.39 is 0 Å². The molecule has 0 bridgehead atoms. The monoisotopic (exact) mass is 390 g/mol. The molecule has 0 N–H and O–H groups in total. The number of fused-ring (bicyclic) bond motifs is 3. The molecular formula is C23H23ClN4. The Kier molecular flexibility index (Phi) is 4.75. The van der Waals surface area contributed by atoms with Crippen LogP contribution in [0, 0.1) is 0 Å². The van der Waals surface area contributed by atoms with Crippen LogP contribution in [0.25, 0.3) is 33.3 Å². The molecule has 1 aliphatic rings. The average molecular weight is 391 g/mol. The molecule has 0 saturated carbocycles. The molecule has 0 spiro atoms. The summed E-state index contributed by atoms with van der Waals surface area (Å²) in [5.41, 5.74) is 3.90. The lowest BCUT2D eigenvalue weighted by Gasteiger charge is -2.27. The highest BCUT2D eigenvalue weighted by Crippen LogP contribution is 2.33. The third kappa shape index (κ3) is 3.17. The molecule has 4 aromatic rings. The molecule has 5 heteroatoms. The van der Waals surface area contributed by atoms with Crippen LogP contribution < -0.4 is 0 Å². The number of para-hydroxylation sites is 1. The number of benzene rings is 2. The van der Waals surface area contributed by atoms with Crippen LogP contribution in [-0.4, -0.2) is 39.1 Å². The zero-order chi connectivity index (χ0) is 18.9. The number of pyridine rings is 1. The first-order valence-electron chi connectivity index (χ1n) is 10.0. The van der Waals surface area contributed by atoms with Crippen molar-refractivity contribution in [1.29, 1.82) is 0 Å². The van der Waals surface area contributed by atoms with E-state index in [-0.39, 0.29) is 0 Å². The number of nitrogens with zero attached hydrogens (tertiary/aromatic N) is 4. The van der Waals surface area contributed by atoms with E-state index in [1.54, 1.807) is 0 Å². The van der Waals surface area contributed by atoms with Crippen molar-refractivity contribution in [2.75, 3.05) is 19.6 Å². The first-order valence-corrected chi connectivity index (χ1v) is 10.4. The molecule has 0 atom stereocenters. The molecule has 1 aliphatic heterocycles. The van der Waals surface area contributed by atoms with Crippen molar-refractivity contribution in [2.24, 2.45) is 0 Å². The van der Waals surface area contributed by atoms with Crippen LogP contribution >= 0.6 is 11.6 Å². The van der Waals surface area contributed by atoms with Gasteiger partial charge in [0.25, 0.3) is 0 Å². The van der Waals surface area contributed by atoms with Gasteiger partial charge in [-0.2, -0.15) is 0 Å². The van der Waals surface area contributed by atoms with Gasteiger partial charge in [0, 0.05) is 24.0 Å². The predicted molar refractivity (Wildman–Crippen MR) is 116 cm³/mol. The van der Waals surface area contributed by atoms with Crippen LogP contribution in [0.15, 0.2) is 54.6 Å². The molecular weight excluding hydrogens is 368 g/mol. The molecule has 142 valence electrons. The van der Waals surface area contributed by atoms with Gasteiger partial charge in [-0.05, 0) is 32.0 Å². The summed E-state index contributed by atoms with van der Waals surface area (Å²) >= 11 is 6.56. The van der Waals surface area contributed by atoms with Crippen molar-refractivity contribution in [3.63, 3.8) is 0 Å². The van der Waals surface area contributed by atoms with Crippen molar-refractivity contribution >= 4 is 33.5 Å². The molecule has 1 fully saturated rings. The number of likely N-dealkylation sites (tertiary alicyclic amines) is 1. The minimum atomic E-state index is 0.475. The van der Waals surface area contributed by atoms with E-state index in [2.05, 4.69) is 50.8 Å². The van der Waals surface area contributed by atoms with E-state index in [4.69, 9.17) is 16.6 Å². The first kappa shape index (κ1) is 17.7. The summed E-state index contributed by atoms with van der Waals surface area (Å²) in [4.78, 5) is 12.1. The topological polar surface area (TPSA) is 34.0 Å². The molecule has 28 heavy (non-hydrogen) atoms. The predicted octanol–water partition coefficient (Wildman–Crippen LogP) is 5.39. The Morgan fingerprint density at radius 1 is 0.821 bits per heavy atom. The number of imidazole rings is 1. The van der Waals surface area contributed by atoms with E-state index in [1.807, 2.05) is 18.2 Å². The second kappa shape index (κ2) is 7.53. The zero-order valence-electron chi connectivity index (χ0n) is 15.8. The molecule has 0 aliphatic carbocycles. The maximum atomic E-state index is 6.56. The van der Waals surface area contributed by atoms with Gasteiger partial charge < -0.3 is 9.47 Å². The molecule has 5 rings (SSSR count). The highest BCUT2D eigenvalue weighted by atomic mass is 35.5. The van der Waals surface area contributed by atoms with Gasteiger partial charge in [-0.15, -0.1) is 0 Å². The molecule has 4 nitrogen and oxygen atoms in total. The van der Waals surface area contributed by atoms with Gasteiger partial charge in [0.1, 0.15) is 11.3 Å². The van der Waals surface area contributed by atoms with Crippen LogP contribution in [0.3, 0.4) is 0 Å². The van der Waals surface area contributed by atoms with Crippen LogP contribution in [-0.2, 0) is 6.54 Å². The van der Waals surface area contributed by atoms with Gasteiger partial charge in [-0.25, -0.2) is 9.97 Å². The van der Waals surface area contributed by atoms with Crippen molar-refractivity contribution in [3.05, 3.63) is 59.8 Å². The fraction of sp³-hybridized carbons (Fsp3) is 0.304. The van der Waals surface area contributed by atoms with Crippen LogP contribution in [0.1, 0.15) is 19.3 Å². The van der Waals surface area contributed by atoms with Gasteiger partial charge in [0.15, 0.2) is 5.15 Å². The fourth-order valence-electron chi connectivity index (χ4n) is 4.25. The molecule has 0 radical (unpaired) electrons. The van der Waals surface area contributed by atoms with Crippen molar-refractivity contribution in [3.8, 4) is 11.4 Å². The number of hydrogen-bond donors (Lipinski definition) is 0. The summed E-state index contributed by atoms with van der Waals surface area (Å²) in [5, 5.41) is 1.58. The molecule has 3 heterocycles. The highest BCUT2D eigenvalue weighted by Gasteiger charge is 2.19. The zero-order valence-corrected chi connectivity index (χ0v) is 16.6. The normalized spacial score (nSPS) is 15.5. The summed E-state index contributed by atoms with van der Waals surface area (Å²) in [7, 11) is 0. The standard InChI is InChI=1S/C23H23ClN4/c24-22-20-21(18-11-5-6-12-19(18)25-22)28(16-15-27-13-7-2-8-14-27)23(26-20)17-9-3-1-4-10-17/h1,3-6,9-12H,2,7-8,13-16H2. The van der Waals surface area contributed by atoms with E-state index in [9.17, 15) is 0 Å². The van der Waals surface area contributed by atoms with Gasteiger partial charge in [-0.1, -0.05) is 66.6 Å². The smallest absolute Gasteiger partial charge is 0.157 e. The highest BCUT2D eigenvalue weighted by molar-refractivity contribution is 6.35. The Balaban J connectivity index is 1.69. The largest absolute Gasteiger partial charge is 0.322 e. The average Bonchev–Trinajstić information content (AvgIpc) is 3.14. The second-order valence-corrected chi connectivity index (χ2v) is 7.83. The fourth-order valence-corrected chi connectivity index (χ4v) is 4.47. The molecule has 0 unspecified atom stereocenters. The van der Waals surface area contributed by atoms with Crippen molar-refractivity contribution < 1.29 is 0 Å². The number of piperidine rings is 1. The van der Waals surface area contributed by atoms with E-state index >= 15 is 0 Å². The summed E-state index contributed by atoms with van der Waals surface area (Å²) in [6.45, 7) is 4.30. The molecule has 1 saturated heterocycles. The van der Waals surface area contributed by atoms with Crippen molar-refractivity contribution in [1.82, 2.24) is 19.4 Å². The number of hydrogen-bond acceptors (Lipinski definition) is 3. The Bertz CT molecular complexity index is 1110. The third-order valence-electron chi connectivity index (χ3n) is 5.66. The maximum absolute atomic E-state index is 6.56. The van der Waals surface area contributed by atoms with Crippen molar-refractivity contribution in [2.45, 2.75) is 25.8 Å².